The number of carbonyl (C=O) groups is 2. The molecular weight excluding hydrogens is 298 g/mol. The van der Waals surface area contributed by atoms with Crippen LogP contribution < -0.4 is 15.6 Å². The number of phenolic OH excluding ortho intramolecular Hbond substituents is 1. The summed E-state index contributed by atoms with van der Waals surface area (Å²) in [5.41, 5.74) is 4.41. The monoisotopic (exact) mass is 307 g/mol. The van der Waals surface area contributed by atoms with Gasteiger partial charge in [-0.15, -0.1) is 0 Å². The van der Waals surface area contributed by atoms with E-state index in [0.717, 1.165) is 12.4 Å². The van der Waals surface area contributed by atoms with Crippen LogP contribution in [0.2, 0.25) is 5.02 Å². The quantitative estimate of drug-likeness (QED) is 0.432. The number of amides is 2. The molecule has 0 radical (unpaired) electrons. The summed E-state index contributed by atoms with van der Waals surface area (Å²) >= 11 is 5.72. The van der Waals surface area contributed by atoms with Crippen LogP contribution in [0.1, 0.15) is 20.7 Å². The van der Waals surface area contributed by atoms with Gasteiger partial charge >= 0.3 is 0 Å². The van der Waals surface area contributed by atoms with Crippen molar-refractivity contribution in [3.8, 4) is 5.75 Å². The molecule has 3 N–H and O–H groups in total. The lowest BCUT2D eigenvalue weighted by Crippen LogP contribution is -2.42. The van der Waals surface area contributed by atoms with Crippen LogP contribution >= 0.6 is 11.6 Å². The summed E-state index contributed by atoms with van der Waals surface area (Å²) in [6.45, 7) is 0. The first kappa shape index (κ1) is 14.6. The number of rotatable bonds is 2. The predicted octanol–water partition coefficient (Wildman–Crippen LogP) is 0.754. The molecule has 0 aliphatic rings. The lowest BCUT2D eigenvalue weighted by molar-refractivity contribution is -0.605. The van der Waals surface area contributed by atoms with Crippen molar-refractivity contribution in [2.24, 2.45) is 0 Å². The van der Waals surface area contributed by atoms with Gasteiger partial charge in [-0.1, -0.05) is 11.6 Å². The fourth-order valence-corrected chi connectivity index (χ4v) is 1.68. The van der Waals surface area contributed by atoms with E-state index < -0.39 is 11.8 Å². The van der Waals surface area contributed by atoms with Gasteiger partial charge in [-0.05, 0) is 18.2 Å². The fraction of sp³-hybridized carbons (Fsp3) is 0. The molecule has 2 amide bonds. The summed E-state index contributed by atoms with van der Waals surface area (Å²) in [7, 11) is 0. The number of benzene rings is 1. The molecule has 0 aliphatic heterocycles. The highest BCUT2D eigenvalue weighted by atomic mass is 35.5. The Balaban J connectivity index is 2.02. The molecule has 7 nitrogen and oxygen atoms in total. The first-order valence-electron chi connectivity index (χ1n) is 5.75. The van der Waals surface area contributed by atoms with Crippen molar-refractivity contribution in [1.29, 1.82) is 0 Å². The number of pyridine rings is 1. The number of hydrogen-bond donors (Lipinski definition) is 3. The Labute approximate surface area is 124 Å². The Morgan fingerprint density at radius 2 is 1.71 bits per heavy atom. The topological polar surface area (TPSA) is 105 Å². The van der Waals surface area contributed by atoms with E-state index in [-0.39, 0.29) is 21.9 Å². The van der Waals surface area contributed by atoms with Gasteiger partial charge in [0.1, 0.15) is 5.75 Å². The van der Waals surface area contributed by atoms with Gasteiger partial charge in [-0.2, -0.15) is 4.73 Å². The van der Waals surface area contributed by atoms with Gasteiger partial charge in [-0.3, -0.25) is 20.4 Å². The van der Waals surface area contributed by atoms with Crippen LogP contribution in [0.25, 0.3) is 0 Å². The van der Waals surface area contributed by atoms with Gasteiger partial charge in [0.25, 0.3) is 11.8 Å². The Morgan fingerprint density at radius 3 is 2.38 bits per heavy atom. The number of aromatic nitrogens is 1. The summed E-state index contributed by atoms with van der Waals surface area (Å²) in [5.74, 6) is -1.60. The molecule has 0 fully saturated rings. The van der Waals surface area contributed by atoms with Crippen LogP contribution in [0, 0.1) is 5.21 Å². The maximum absolute atomic E-state index is 11.8. The highest BCUT2D eigenvalue weighted by Crippen LogP contribution is 2.20. The summed E-state index contributed by atoms with van der Waals surface area (Å²) in [4.78, 5) is 23.5. The number of carbonyl (C=O) groups excluding carboxylic acids is 2. The van der Waals surface area contributed by atoms with Crippen LogP contribution in [0.5, 0.6) is 5.75 Å². The SMILES string of the molecule is O=C(NNC(=O)c1cc(Cl)ccc1O)c1cc[n+]([O-])cc1. The predicted molar refractivity (Wildman–Crippen MR) is 73.5 cm³/mol. The Morgan fingerprint density at radius 1 is 1.10 bits per heavy atom. The molecule has 108 valence electrons. The summed E-state index contributed by atoms with van der Waals surface area (Å²) < 4.78 is 0.527. The molecule has 2 aromatic rings. The molecule has 0 spiro atoms. The van der Waals surface area contributed by atoms with Gasteiger partial charge in [0.05, 0.1) is 11.1 Å². The smallest absolute Gasteiger partial charge is 0.273 e. The van der Waals surface area contributed by atoms with Crippen molar-refractivity contribution in [2.45, 2.75) is 0 Å². The number of aromatic hydroxyl groups is 1. The number of hydrazine groups is 1. The third kappa shape index (κ3) is 3.61. The molecule has 0 saturated carbocycles. The molecule has 0 bridgehead atoms. The largest absolute Gasteiger partial charge is 0.619 e. The summed E-state index contributed by atoms with van der Waals surface area (Å²) in [5, 5.41) is 20.7. The number of hydrogen-bond acceptors (Lipinski definition) is 4. The number of phenols is 1. The highest BCUT2D eigenvalue weighted by molar-refractivity contribution is 6.31. The fourth-order valence-electron chi connectivity index (χ4n) is 1.51. The molecule has 1 aromatic heterocycles. The zero-order chi connectivity index (χ0) is 15.4. The second-order valence-electron chi connectivity index (χ2n) is 4.02. The number of nitrogens with zero attached hydrogens (tertiary/aromatic N) is 1. The van der Waals surface area contributed by atoms with E-state index in [1.807, 2.05) is 0 Å². The van der Waals surface area contributed by atoms with Crippen LogP contribution in [0.4, 0.5) is 0 Å². The molecule has 21 heavy (non-hydrogen) atoms. The average Bonchev–Trinajstić information content (AvgIpc) is 2.47. The summed E-state index contributed by atoms with van der Waals surface area (Å²) in [6, 6.07) is 6.55. The molecule has 0 atom stereocenters. The minimum absolute atomic E-state index is 0.0757. The third-order valence-electron chi connectivity index (χ3n) is 2.56. The molecule has 1 heterocycles. The molecule has 1 aromatic carbocycles. The normalized spacial score (nSPS) is 9.95. The number of halogens is 1. The van der Waals surface area contributed by atoms with Crippen molar-refractivity contribution in [3.05, 3.63) is 64.1 Å². The van der Waals surface area contributed by atoms with E-state index in [0.29, 0.717) is 4.73 Å². The van der Waals surface area contributed by atoms with Crippen LogP contribution in [0.3, 0.4) is 0 Å². The molecule has 8 heteroatoms. The van der Waals surface area contributed by atoms with Gasteiger partial charge < -0.3 is 10.3 Å². The molecule has 0 saturated heterocycles. The van der Waals surface area contributed by atoms with E-state index >= 15 is 0 Å². The van der Waals surface area contributed by atoms with Crippen molar-refractivity contribution >= 4 is 23.4 Å². The standard InChI is InChI=1S/C13H10ClN3O4/c14-9-1-2-11(18)10(7-9)13(20)16-15-12(19)8-3-5-17(21)6-4-8/h1-7,18H,(H,15,19)(H,16,20). The maximum Gasteiger partial charge on any atom is 0.273 e. The van der Waals surface area contributed by atoms with E-state index in [1.165, 1.54) is 30.3 Å². The van der Waals surface area contributed by atoms with Crippen LogP contribution in [0.15, 0.2) is 42.7 Å². The second-order valence-corrected chi connectivity index (χ2v) is 4.45. The van der Waals surface area contributed by atoms with E-state index in [1.54, 1.807) is 0 Å². The van der Waals surface area contributed by atoms with Gasteiger partial charge in [0.15, 0.2) is 12.4 Å². The third-order valence-corrected chi connectivity index (χ3v) is 2.79. The van der Waals surface area contributed by atoms with Crippen LogP contribution in [-0.2, 0) is 0 Å². The van der Waals surface area contributed by atoms with Crippen molar-refractivity contribution in [3.63, 3.8) is 0 Å². The zero-order valence-electron chi connectivity index (χ0n) is 10.5. The minimum atomic E-state index is -0.724. The molecular formula is C13H10ClN3O4. The van der Waals surface area contributed by atoms with Crippen molar-refractivity contribution in [1.82, 2.24) is 10.9 Å². The van der Waals surface area contributed by atoms with Crippen LogP contribution in [-0.4, -0.2) is 16.9 Å². The van der Waals surface area contributed by atoms with E-state index in [2.05, 4.69) is 10.9 Å². The van der Waals surface area contributed by atoms with Crippen molar-refractivity contribution in [2.75, 3.05) is 0 Å². The van der Waals surface area contributed by atoms with Gasteiger partial charge in [0.2, 0.25) is 0 Å². The molecule has 0 unspecified atom stereocenters. The average molecular weight is 308 g/mol. The second kappa shape index (κ2) is 6.10. The Kier molecular flexibility index (Phi) is 4.24. The summed E-state index contributed by atoms with van der Waals surface area (Å²) in [6.07, 6.45) is 2.30. The van der Waals surface area contributed by atoms with Crippen molar-refractivity contribution < 1.29 is 19.4 Å². The van der Waals surface area contributed by atoms with Gasteiger partial charge in [0, 0.05) is 17.2 Å². The molecule has 0 aliphatic carbocycles. The Hall–Kier alpha value is -2.80. The van der Waals surface area contributed by atoms with Gasteiger partial charge in [-0.25, -0.2) is 0 Å². The van der Waals surface area contributed by atoms with E-state index in [9.17, 15) is 19.9 Å². The minimum Gasteiger partial charge on any atom is -0.619 e. The first-order chi connectivity index (χ1) is 9.97. The maximum atomic E-state index is 11.8. The lowest BCUT2D eigenvalue weighted by Gasteiger charge is -2.08. The number of nitrogens with one attached hydrogen (secondary N) is 2. The Bertz CT molecular complexity index is 688. The molecule has 2 rings (SSSR count). The first-order valence-corrected chi connectivity index (χ1v) is 6.13. The zero-order valence-corrected chi connectivity index (χ0v) is 11.3. The highest BCUT2D eigenvalue weighted by Gasteiger charge is 2.13. The van der Waals surface area contributed by atoms with E-state index in [4.69, 9.17) is 11.6 Å². The lowest BCUT2D eigenvalue weighted by atomic mass is 10.2.